The smallest absolute Gasteiger partial charge is 0.338 e. The van der Waals surface area contributed by atoms with Crippen LogP contribution >= 0.6 is 0 Å². The Balaban J connectivity index is 1.06. The Morgan fingerprint density at radius 2 is 1.63 bits per heavy atom. The maximum atomic E-state index is 14.2. The third-order valence-corrected chi connectivity index (χ3v) is 10.9. The average Bonchev–Trinajstić information content (AvgIpc) is 3.58. The van der Waals surface area contributed by atoms with E-state index in [0.717, 1.165) is 36.0 Å². The van der Waals surface area contributed by atoms with Gasteiger partial charge in [0.2, 0.25) is 17.6 Å². The summed E-state index contributed by atoms with van der Waals surface area (Å²) in [5.41, 5.74) is 3.31. The summed E-state index contributed by atoms with van der Waals surface area (Å²) in [6, 6.07) is 25.9. The SMILES string of the molecule is O=C(O[C@@H]1CC(C(=O)N2CCC[C@@H]2C(=O)NCCO)=C[C@H]2OC(c3ccccc3)(c3ccccc3)O[C@H]21)c1ccc(C=CC2CCC3OC3C2)cc1. The minimum absolute atomic E-state index is 0.0873. The molecule has 7 atom stereocenters. The number of aliphatic hydroxyl groups is 1. The molecule has 2 aliphatic carbocycles. The largest absolute Gasteiger partial charge is 0.456 e. The van der Waals surface area contributed by atoms with Gasteiger partial charge in [-0.05, 0) is 61.8 Å². The van der Waals surface area contributed by atoms with Crippen molar-refractivity contribution >= 4 is 23.9 Å². The molecular formula is C42H44N2O8. The van der Waals surface area contributed by atoms with Gasteiger partial charge in [-0.1, -0.05) is 84.9 Å². The first-order valence-electron chi connectivity index (χ1n) is 18.4. The van der Waals surface area contributed by atoms with Gasteiger partial charge in [-0.3, -0.25) is 9.59 Å². The molecule has 4 fully saturated rings. The molecule has 10 heteroatoms. The monoisotopic (exact) mass is 704 g/mol. The van der Waals surface area contributed by atoms with Crippen molar-refractivity contribution in [1.29, 1.82) is 0 Å². The van der Waals surface area contributed by atoms with Crippen LogP contribution in [0.5, 0.6) is 0 Å². The van der Waals surface area contributed by atoms with E-state index in [-0.39, 0.29) is 31.4 Å². The second-order valence-electron chi connectivity index (χ2n) is 14.3. The van der Waals surface area contributed by atoms with Gasteiger partial charge in [0.25, 0.3) is 0 Å². The molecular weight excluding hydrogens is 660 g/mol. The predicted molar refractivity (Wildman–Crippen MR) is 192 cm³/mol. The Morgan fingerprint density at radius 1 is 0.904 bits per heavy atom. The van der Waals surface area contributed by atoms with E-state index >= 15 is 0 Å². The van der Waals surface area contributed by atoms with Crippen molar-refractivity contribution < 1.29 is 38.4 Å². The zero-order valence-corrected chi connectivity index (χ0v) is 29.0. The lowest BCUT2D eigenvalue weighted by Crippen LogP contribution is -2.49. The first kappa shape index (κ1) is 34.5. The number of carbonyl (C=O) groups excluding carboxylic acids is 3. The molecule has 270 valence electrons. The van der Waals surface area contributed by atoms with Crippen LogP contribution in [0, 0.1) is 5.92 Å². The fraction of sp³-hybridized carbons (Fsp3) is 0.405. The molecule has 0 spiro atoms. The molecule has 52 heavy (non-hydrogen) atoms. The maximum Gasteiger partial charge on any atom is 0.338 e. The molecule has 3 unspecified atom stereocenters. The summed E-state index contributed by atoms with van der Waals surface area (Å²) in [7, 11) is 0. The van der Waals surface area contributed by atoms with Gasteiger partial charge >= 0.3 is 5.97 Å². The number of esters is 1. The summed E-state index contributed by atoms with van der Waals surface area (Å²) in [6.07, 6.45) is 9.25. The van der Waals surface area contributed by atoms with Crippen LogP contribution in [-0.4, -0.2) is 84.0 Å². The summed E-state index contributed by atoms with van der Waals surface area (Å²) < 4.78 is 25.6. The molecule has 3 saturated heterocycles. The molecule has 3 aromatic rings. The molecule has 0 radical (unpaired) electrons. The molecule has 3 aromatic carbocycles. The fourth-order valence-corrected chi connectivity index (χ4v) is 8.14. The molecule has 3 aliphatic heterocycles. The molecule has 2 amide bonds. The number of fused-ring (bicyclic) bond motifs is 2. The highest BCUT2D eigenvalue weighted by Gasteiger charge is 2.55. The van der Waals surface area contributed by atoms with Crippen LogP contribution in [0.2, 0.25) is 0 Å². The molecule has 5 aliphatic rings. The van der Waals surface area contributed by atoms with E-state index in [9.17, 15) is 19.5 Å². The second-order valence-corrected chi connectivity index (χ2v) is 14.3. The van der Waals surface area contributed by atoms with Gasteiger partial charge in [0.1, 0.15) is 24.4 Å². The molecule has 3 heterocycles. The van der Waals surface area contributed by atoms with E-state index in [0.29, 0.717) is 48.6 Å². The minimum Gasteiger partial charge on any atom is -0.456 e. The van der Waals surface area contributed by atoms with Crippen molar-refractivity contribution in [2.24, 2.45) is 5.92 Å². The van der Waals surface area contributed by atoms with E-state index in [4.69, 9.17) is 18.9 Å². The standard InChI is InChI=1S/C42H44N2O8/c45-23-21-43-39(46)33-12-7-22-44(33)40(47)30-25-36(50-41(48)29-18-15-27(16-19-29)13-14-28-17-20-34-35(24-28)49-34)38-37(26-30)51-42(52-38,31-8-3-1-4-9-31)32-10-5-2-6-11-32/h1-6,8-11,13-16,18-19,26,28,33-38,45H,7,12,17,20-25H2,(H,43,46)/t28?,33-,34?,35?,36-,37-,38+/m1/s1. The highest BCUT2D eigenvalue weighted by atomic mass is 16.8. The van der Waals surface area contributed by atoms with E-state index < -0.39 is 36.1 Å². The van der Waals surface area contributed by atoms with Crippen molar-refractivity contribution in [2.45, 2.75) is 80.9 Å². The highest BCUT2D eigenvalue weighted by molar-refractivity contribution is 5.98. The zero-order chi connectivity index (χ0) is 35.7. The maximum absolute atomic E-state index is 14.2. The van der Waals surface area contributed by atoms with E-state index in [1.807, 2.05) is 72.8 Å². The Bertz CT molecular complexity index is 1790. The summed E-state index contributed by atoms with van der Waals surface area (Å²) >= 11 is 0. The molecule has 0 bridgehead atoms. The molecule has 8 rings (SSSR count). The number of aliphatic hydroxyl groups excluding tert-OH is 1. The van der Waals surface area contributed by atoms with E-state index in [1.165, 1.54) is 0 Å². The van der Waals surface area contributed by atoms with Gasteiger partial charge in [-0.15, -0.1) is 0 Å². The number of amides is 2. The van der Waals surface area contributed by atoms with Crippen LogP contribution < -0.4 is 5.32 Å². The Kier molecular flexibility index (Phi) is 9.80. The van der Waals surface area contributed by atoms with Crippen LogP contribution in [-0.2, 0) is 34.3 Å². The number of hydrogen-bond acceptors (Lipinski definition) is 8. The van der Waals surface area contributed by atoms with Crippen molar-refractivity contribution in [1.82, 2.24) is 10.2 Å². The number of hydrogen-bond donors (Lipinski definition) is 2. The number of nitrogens with zero attached hydrogens (tertiary/aromatic N) is 1. The lowest BCUT2D eigenvalue weighted by atomic mass is 9.89. The van der Waals surface area contributed by atoms with Gasteiger partial charge in [-0.25, -0.2) is 4.79 Å². The summed E-state index contributed by atoms with van der Waals surface area (Å²) in [4.78, 5) is 42.5. The minimum atomic E-state index is -1.32. The first-order valence-corrected chi connectivity index (χ1v) is 18.4. The normalized spacial score (nSPS) is 28.8. The Morgan fingerprint density at radius 3 is 2.33 bits per heavy atom. The summed E-state index contributed by atoms with van der Waals surface area (Å²) in [5, 5.41) is 11.9. The van der Waals surface area contributed by atoms with Gasteiger partial charge in [-0.2, -0.15) is 0 Å². The lowest BCUT2D eigenvalue weighted by molar-refractivity contribution is -0.157. The molecule has 2 N–H and O–H groups in total. The quantitative estimate of drug-likeness (QED) is 0.225. The number of epoxide rings is 1. The van der Waals surface area contributed by atoms with Gasteiger partial charge < -0.3 is 34.3 Å². The Hall–Kier alpha value is -4.61. The fourth-order valence-electron chi connectivity index (χ4n) is 8.14. The van der Waals surface area contributed by atoms with Crippen molar-refractivity contribution in [3.8, 4) is 0 Å². The van der Waals surface area contributed by atoms with Crippen LogP contribution in [0.1, 0.15) is 65.6 Å². The number of nitrogens with one attached hydrogen (secondary N) is 1. The van der Waals surface area contributed by atoms with Crippen LogP contribution in [0.25, 0.3) is 6.08 Å². The number of benzene rings is 3. The number of allylic oxidation sites excluding steroid dienone is 1. The first-order chi connectivity index (χ1) is 25.4. The molecule has 10 nitrogen and oxygen atoms in total. The van der Waals surface area contributed by atoms with Gasteiger partial charge in [0, 0.05) is 36.2 Å². The third-order valence-electron chi connectivity index (χ3n) is 10.9. The number of rotatable bonds is 10. The number of carbonyl (C=O) groups is 3. The van der Waals surface area contributed by atoms with E-state index in [2.05, 4.69) is 17.5 Å². The van der Waals surface area contributed by atoms with Crippen LogP contribution in [0.3, 0.4) is 0 Å². The average molecular weight is 705 g/mol. The van der Waals surface area contributed by atoms with Crippen LogP contribution in [0.4, 0.5) is 0 Å². The van der Waals surface area contributed by atoms with E-state index in [1.54, 1.807) is 23.1 Å². The predicted octanol–water partition coefficient (Wildman–Crippen LogP) is 4.91. The van der Waals surface area contributed by atoms with Crippen molar-refractivity contribution in [3.05, 3.63) is 125 Å². The summed E-state index contributed by atoms with van der Waals surface area (Å²) in [6.45, 7) is 0.339. The van der Waals surface area contributed by atoms with Crippen molar-refractivity contribution in [2.75, 3.05) is 19.7 Å². The van der Waals surface area contributed by atoms with Crippen LogP contribution in [0.15, 0.2) is 103 Å². The third kappa shape index (κ3) is 6.96. The Labute approximate surface area is 303 Å². The van der Waals surface area contributed by atoms with Gasteiger partial charge in [0.15, 0.2) is 0 Å². The number of ether oxygens (including phenoxy) is 4. The summed E-state index contributed by atoms with van der Waals surface area (Å²) in [5.74, 6) is -1.96. The number of likely N-dealkylation sites (tertiary alicyclic amines) is 1. The second kappa shape index (κ2) is 14.8. The topological polar surface area (TPSA) is 127 Å². The van der Waals surface area contributed by atoms with Crippen molar-refractivity contribution in [3.63, 3.8) is 0 Å². The zero-order valence-electron chi connectivity index (χ0n) is 29.0. The molecule has 1 saturated carbocycles. The highest BCUT2D eigenvalue weighted by Crippen LogP contribution is 2.47. The lowest BCUT2D eigenvalue weighted by Gasteiger charge is -2.33. The molecule has 0 aromatic heterocycles. The van der Waals surface area contributed by atoms with Gasteiger partial charge in [0.05, 0.1) is 24.4 Å².